The average molecular weight is 469 g/mol. The van der Waals surface area contributed by atoms with Gasteiger partial charge in [-0.2, -0.15) is 14.6 Å². The fourth-order valence-corrected chi connectivity index (χ4v) is 6.27. The van der Waals surface area contributed by atoms with Crippen molar-refractivity contribution in [2.45, 2.75) is 31.0 Å². The molecule has 1 aliphatic heterocycles. The van der Waals surface area contributed by atoms with E-state index < -0.39 is 0 Å². The number of urea groups is 1. The van der Waals surface area contributed by atoms with Gasteiger partial charge in [0, 0.05) is 55.5 Å². The largest absolute Gasteiger partial charge is 0.370 e. The molecule has 0 aromatic carbocycles. The fraction of sp³-hybridized carbons (Fsp3) is 0.476. The molecule has 0 bridgehead atoms. The van der Waals surface area contributed by atoms with E-state index in [0.29, 0.717) is 33.7 Å². The number of amides is 2. The van der Waals surface area contributed by atoms with Gasteiger partial charge in [0.2, 0.25) is 10.3 Å². The molecular formula is C21H24N8OS2. The van der Waals surface area contributed by atoms with Crippen LogP contribution in [0.5, 0.6) is 0 Å². The van der Waals surface area contributed by atoms with E-state index in [2.05, 4.69) is 42.7 Å². The highest BCUT2D eigenvalue weighted by atomic mass is 32.2. The van der Waals surface area contributed by atoms with Crippen LogP contribution in [0.25, 0.3) is 11.0 Å². The normalized spacial score (nSPS) is 22.2. The lowest BCUT2D eigenvalue weighted by atomic mass is 10.0. The van der Waals surface area contributed by atoms with Crippen LogP contribution >= 0.6 is 23.3 Å². The molecule has 0 radical (unpaired) electrons. The van der Waals surface area contributed by atoms with Crippen molar-refractivity contribution in [3.05, 3.63) is 24.0 Å². The van der Waals surface area contributed by atoms with Crippen LogP contribution < -0.4 is 10.2 Å². The van der Waals surface area contributed by atoms with Crippen molar-refractivity contribution in [3.8, 4) is 6.07 Å². The van der Waals surface area contributed by atoms with Crippen LogP contribution in [0.15, 0.2) is 23.6 Å². The van der Waals surface area contributed by atoms with Gasteiger partial charge in [0.15, 0.2) is 0 Å². The number of carbonyl (C=O) groups excluding carboxylic acids is 1. The highest BCUT2D eigenvalue weighted by molar-refractivity contribution is 7.99. The molecule has 1 saturated carbocycles. The van der Waals surface area contributed by atoms with E-state index in [4.69, 9.17) is 0 Å². The van der Waals surface area contributed by atoms with E-state index in [1.54, 1.807) is 18.0 Å². The Hall–Kier alpha value is -2.84. The zero-order valence-electron chi connectivity index (χ0n) is 17.9. The molecule has 3 aromatic rings. The van der Waals surface area contributed by atoms with Crippen molar-refractivity contribution >= 4 is 51.2 Å². The highest BCUT2D eigenvalue weighted by Crippen LogP contribution is 2.42. The number of nitrogens with zero attached hydrogens (tertiary/aromatic N) is 6. The summed E-state index contributed by atoms with van der Waals surface area (Å²) in [7, 11) is 2.07. The van der Waals surface area contributed by atoms with Gasteiger partial charge < -0.3 is 14.8 Å². The standard InChI is InChI=1S/C21H24N8OS2/c1-3-31-20-25-19(32-27-20)26-21(30)29-10-12-6-15(7-13(12)11-29)28(2)17-14(8-22)9-24-18-16(17)4-5-23-18/h4-5,9,12-13,15H,3,6-7,10-11H2,1-2H3,(H,23,24)(H,25,26,27,30)/t12-,13+,15+. The number of hydrogen-bond donors (Lipinski definition) is 2. The molecule has 3 atom stereocenters. The average Bonchev–Trinajstić information content (AvgIpc) is 3.55. The second kappa shape index (κ2) is 8.60. The van der Waals surface area contributed by atoms with E-state index in [9.17, 15) is 10.1 Å². The molecule has 5 rings (SSSR count). The molecule has 11 heteroatoms. The summed E-state index contributed by atoms with van der Waals surface area (Å²) in [5.41, 5.74) is 2.33. The molecule has 0 unspecified atom stereocenters. The van der Waals surface area contributed by atoms with Crippen molar-refractivity contribution in [2.24, 2.45) is 11.8 Å². The number of nitriles is 1. The number of anilines is 2. The number of nitrogens with one attached hydrogen (secondary N) is 2. The Labute approximate surface area is 194 Å². The van der Waals surface area contributed by atoms with Gasteiger partial charge in [-0.1, -0.05) is 18.7 Å². The van der Waals surface area contributed by atoms with Crippen molar-refractivity contribution in [3.63, 3.8) is 0 Å². The van der Waals surface area contributed by atoms with Gasteiger partial charge in [-0.3, -0.25) is 5.32 Å². The van der Waals surface area contributed by atoms with E-state index in [1.165, 1.54) is 11.5 Å². The number of aromatic nitrogens is 4. The molecule has 32 heavy (non-hydrogen) atoms. The number of thioether (sulfide) groups is 1. The summed E-state index contributed by atoms with van der Waals surface area (Å²) in [6, 6.07) is 4.52. The monoisotopic (exact) mass is 468 g/mol. The summed E-state index contributed by atoms with van der Waals surface area (Å²) in [5, 5.41) is 14.8. The third kappa shape index (κ3) is 3.78. The summed E-state index contributed by atoms with van der Waals surface area (Å²) in [5.74, 6) is 1.83. The van der Waals surface area contributed by atoms with Gasteiger partial charge in [-0.05, 0) is 36.5 Å². The zero-order valence-corrected chi connectivity index (χ0v) is 19.5. The minimum absolute atomic E-state index is 0.0940. The Morgan fingerprint density at radius 2 is 2.22 bits per heavy atom. The molecule has 9 nitrogen and oxygen atoms in total. The Morgan fingerprint density at radius 1 is 1.44 bits per heavy atom. The van der Waals surface area contributed by atoms with Crippen LogP contribution in [0.2, 0.25) is 0 Å². The fourth-order valence-electron chi connectivity index (χ4n) is 5.01. The smallest absolute Gasteiger partial charge is 0.323 e. The number of pyridine rings is 1. The third-order valence-electron chi connectivity index (χ3n) is 6.49. The number of H-pyrrole nitrogens is 1. The summed E-state index contributed by atoms with van der Waals surface area (Å²) >= 11 is 2.79. The number of carbonyl (C=O) groups is 1. The molecule has 2 amide bonds. The van der Waals surface area contributed by atoms with Gasteiger partial charge in [0.25, 0.3) is 0 Å². The Morgan fingerprint density at radius 3 is 2.94 bits per heavy atom. The Bertz CT molecular complexity index is 1170. The van der Waals surface area contributed by atoms with E-state index >= 15 is 0 Å². The Balaban J connectivity index is 1.24. The topological polar surface area (TPSA) is 114 Å². The maximum atomic E-state index is 12.7. The van der Waals surface area contributed by atoms with Gasteiger partial charge in [0.05, 0.1) is 11.3 Å². The number of fused-ring (bicyclic) bond motifs is 2. The van der Waals surface area contributed by atoms with Crippen LogP contribution in [-0.2, 0) is 0 Å². The van der Waals surface area contributed by atoms with Gasteiger partial charge in [-0.15, -0.1) is 0 Å². The number of rotatable bonds is 5. The molecular weight excluding hydrogens is 444 g/mol. The lowest BCUT2D eigenvalue weighted by molar-refractivity contribution is 0.218. The summed E-state index contributed by atoms with van der Waals surface area (Å²) in [4.78, 5) is 28.7. The molecule has 2 N–H and O–H groups in total. The maximum absolute atomic E-state index is 12.7. The van der Waals surface area contributed by atoms with Gasteiger partial charge >= 0.3 is 6.03 Å². The number of aromatic amines is 1. The van der Waals surface area contributed by atoms with Crippen LogP contribution in [0.3, 0.4) is 0 Å². The summed E-state index contributed by atoms with van der Waals surface area (Å²) in [6.07, 6.45) is 5.50. The molecule has 4 heterocycles. The number of likely N-dealkylation sites (tertiary alicyclic amines) is 1. The molecule has 0 spiro atoms. The zero-order chi connectivity index (χ0) is 22.2. The van der Waals surface area contributed by atoms with E-state index in [1.807, 2.05) is 24.1 Å². The molecule has 2 fully saturated rings. The minimum Gasteiger partial charge on any atom is -0.370 e. The SMILES string of the molecule is CCSc1nsc(NC(=O)N2C[C@H]3C[C@H](N(C)c4c(C#N)cnc5[nH]ccc45)C[C@H]3C2)n1. The predicted octanol–water partition coefficient (Wildman–Crippen LogP) is 3.78. The minimum atomic E-state index is -0.0940. The summed E-state index contributed by atoms with van der Waals surface area (Å²) in [6.45, 7) is 3.54. The van der Waals surface area contributed by atoms with Gasteiger partial charge in [0.1, 0.15) is 11.7 Å². The molecule has 1 aliphatic carbocycles. The molecule has 1 saturated heterocycles. The van der Waals surface area contributed by atoms with Crippen LogP contribution in [0, 0.1) is 23.2 Å². The van der Waals surface area contributed by atoms with Crippen LogP contribution in [0.4, 0.5) is 15.6 Å². The van der Waals surface area contributed by atoms with Crippen molar-refractivity contribution in [2.75, 3.05) is 36.1 Å². The summed E-state index contributed by atoms with van der Waals surface area (Å²) < 4.78 is 4.26. The first-order chi connectivity index (χ1) is 15.6. The lowest BCUT2D eigenvalue weighted by Crippen LogP contribution is -2.36. The van der Waals surface area contributed by atoms with E-state index in [0.717, 1.165) is 48.4 Å². The first kappa shape index (κ1) is 21.0. The first-order valence-electron chi connectivity index (χ1n) is 10.7. The third-order valence-corrected chi connectivity index (χ3v) is 7.96. The first-order valence-corrected chi connectivity index (χ1v) is 12.4. The highest BCUT2D eigenvalue weighted by Gasteiger charge is 2.44. The maximum Gasteiger partial charge on any atom is 0.323 e. The lowest BCUT2D eigenvalue weighted by Gasteiger charge is -2.29. The predicted molar refractivity (Wildman–Crippen MR) is 126 cm³/mol. The van der Waals surface area contributed by atoms with Crippen molar-refractivity contribution in [1.82, 2.24) is 24.2 Å². The van der Waals surface area contributed by atoms with Crippen LogP contribution in [0.1, 0.15) is 25.3 Å². The quantitative estimate of drug-likeness (QED) is 0.548. The van der Waals surface area contributed by atoms with Crippen molar-refractivity contribution in [1.29, 1.82) is 5.26 Å². The molecule has 166 valence electrons. The van der Waals surface area contributed by atoms with E-state index in [-0.39, 0.29) is 6.03 Å². The molecule has 3 aromatic heterocycles. The number of hydrogen-bond acceptors (Lipinski definition) is 8. The van der Waals surface area contributed by atoms with Gasteiger partial charge in [-0.25, -0.2) is 9.78 Å². The van der Waals surface area contributed by atoms with Crippen molar-refractivity contribution < 1.29 is 4.79 Å². The second-order valence-electron chi connectivity index (χ2n) is 8.28. The van der Waals surface area contributed by atoms with Crippen LogP contribution in [-0.4, -0.2) is 62.2 Å². The molecule has 2 aliphatic rings. The Kier molecular flexibility index (Phi) is 5.65. The second-order valence-corrected chi connectivity index (χ2v) is 10.3.